The van der Waals surface area contributed by atoms with Gasteiger partial charge in [-0.3, -0.25) is 0 Å². The largest absolute Gasteiger partial charge is 0.490 e. The van der Waals surface area contributed by atoms with Crippen molar-refractivity contribution in [2.24, 2.45) is 0 Å². The summed E-state index contributed by atoms with van der Waals surface area (Å²) in [4.78, 5) is 1.60. The van der Waals surface area contributed by atoms with Crippen LogP contribution in [0, 0.1) is 0 Å². The van der Waals surface area contributed by atoms with Crippen LogP contribution in [0.25, 0.3) is 10.1 Å². The summed E-state index contributed by atoms with van der Waals surface area (Å²) in [5.41, 5.74) is 2.63. The second kappa shape index (κ2) is 5.15. The molecular weight excluding hydrogens is 344 g/mol. The van der Waals surface area contributed by atoms with Crippen LogP contribution in [0.1, 0.15) is 27.8 Å². The van der Waals surface area contributed by atoms with Crippen LogP contribution >= 0.6 is 27.3 Å². The highest BCUT2D eigenvalue weighted by Gasteiger charge is 2.21. The smallest absolute Gasteiger partial charge is 0.123 e. The van der Waals surface area contributed by atoms with E-state index in [9.17, 15) is 0 Å². The van der Waals surface area contributed by atoms with Gasteiger partial charge in [-0.2, -0.15) is 0 Å². The zero-order chi connectivity index (χ0) is 14.4. The van der Waals surface area contributed by atoms with Crippen LogP contribution in [0.3, 0.4) is 0 Å². The van der Waals surface area contributed by atoms with Gasteiger partial charge in [-0.1, -0.05) is 46.3 Å². The number of thiophene rings is 1. The molecule has 1 aromatic heterocycles. The first-order valence-electron chi connectivity index (χ1n) is 7.13. The Labute approximate surface area is 136 Å². The number of alkyl halides is 1. The molecule has 2 heterocycles. The second-order valence-corrected chi connectivity index (χ2v) is 7.58. The van der Waals surface area contributed by atoms with Gasteiger partial charge >= 0.3 is 0 Å². The topological polar surface area (TPSA) is 9.23 Å². The third kappa shape index (κ3) is 2.39. The van der Waals surface area contributed by atoms with E-state index in [1.807, 2.05) is 11.3 Å². The summed E-state index contributed by atoms with van der Waals surface area (Å²) in [5.74, 6) is 1.04. The van der Waals surface area contributed by atoms with Crippen molar-refractivity contribution >= 4 is 37.4 Å². The van der Waals surface area contributed by atoms with Crippen LogP contribution in [0.2, 0.25) is 0 Å². The molecule has 0 saturated heterocycles. The third-order valence-corrected chi connectivity index (χ3v) is 6.41. The zero-order valence-corrected chi connectivity index (χ0v) is 14.1. The molecule has 3 heteroatoms. The lowest BCUT2D eigenvalue weighted by Crippen LogP contribution is -2.05. The van der Waals surface area contributed by atoms with Gasteiger partial charge in [0, 0.05) is 16.0 Å². The molecule has 1 aliphatic rings. The van der Waals surface area contributed by atoms with Crippen molar-refractivity contribution in [1.82, 2.24) is 0 Å². The van der Waals surface area contributed by atoms with E-state index in [0.717, 1.165) is 12.2 Å². The SMILES string of the molecule is CC1Cc2cc(C(Br)c3cc4ccccc4s3)ccc2O1. The summed E-state index contributed by atoms with van der Waals surface area (Å²) < 4.78 is 7.13. The van der Waals surface area contributed by atoms with Crippen LogP contribution < -0.4 is 4.74 Å². The zero-order valence-electron chi connectivity index (χ0n) is 11.7. The molecule has 0 aliphatic carbocycles. The van der Waals surface area contributed by atoms with Gasteiger partial charge in [-0.25, -0.2) is 0 Å². The molecule has 106 valence electrons. The second-order valence-electron chi connectivity index (χ2n) is 5.55. The summed E-state index contributed by atoms with van der Waals surface area (Å²) in [6.45, 7) is 2.12. The van der Waals surface area contributed by atoms with E-state index in [0.29, 0.717) is 6.10 Å². The number of halogens is 1. The van der Waals surface area contributed by atoms with E-state index >= 15 is 0 Å². The summed E-state index contributed by atoms with van der Waals surface area (Å²) in [5, 5.41) is 1.32. The van der Waals surface area contributed by atoms with Crippen molar-refractivity contribution in [3.8, 4) is 5.75 Å². The van der Waals surface area contributed by atoms with Gasteiger partial charge in [-0.15, -0.1) is 11.3 Å². The predicted octanol–water partition coefficient (Wildman–Crippen LogP) is 5.71. The first kappa shape index (κ1) is 13.4. The highest BCUT2D eigenvalue weighted by atomic mass is 79.9. The molecule has 2 aromatic carbocycles. The Morgan fingerprint density at radius 1 is 1.19 bits per heavy atom. The normalized spacial score (nSPS) is 18.5. The number of hydrogen-bond acceptors (Lipinski definition) is 2. The molecule has 2 unspecified atom stereocenters. The molecule has 0 spiro atoms. The number of ether oxygens (including phenoxy) is 1. The maximum Gasteiger partial charge on any atom is 0.123 e. The van der Waals surface area contributed by atoms with Gasteiger partial charge < -0.3 is 4.74 Å². The minimum Gasteiger partial charge on any atom is -0.490 e. The van der Waals surface area contributed by atoms with E-state index in [1.54, 1.807) is 0 Å². The molecule has 0 N–H and O–H groups in total. The summed E-state index contributed by atoms with van der Waals surface area (Å²) >= 11 is 5.72. The Bertz CT molecular complexity index is 775. The molecule has 0 saturated carbocycles. The van der Waals surface area contributed by atoms with E-state index in [4.69, 9.17) is 4.74 Å². The monoisotopic (exact) mass is 358 g/mol. The van der Waals surface area contributed by atoms with Crippen LogP contribution in [0.15, 0.2) is 48.5 Å². The van der Waals surface area contributed by atoms with Crippen molar-refractivity contribution in [2.45, 2.75) is 24.3 Å². The molecule has 2 atom stereocenters. The molecule has 4 rings (SSSR count). The molecule has 3 aromatic rings. The average molecular weight is 359 g/mol. The van der Waals surface area contributed by atoms with E-state index < -0.39 is 0 Å². The Balaban J connectivity index is 1.71. The molecule has 21 heavy (non-hydrogen) atoms. The predicted molar refractivity (Wildman–Crippen MR) is 92.8 cm³/mol. The van der Waals surface area contributed by atoms with Crippen LogP contribution in [0.4, 0.5) is 0 Å². The Kier molecular flexibility index (Phi) is 3.27. The molecule has 0 bridgehead atoms. The lowest BCUT2D eigenvalue weighted by Gasteiger charge is -2.09. The fourth-order valence-corrected chi connectivity index (χ4v) is 4.66. The minimum atomic E-state index is 0.246. The molecule has 0 radical (unpaired) electrons. The lowest BCUT2D eigenvalue weighted by molar-refractivity contribution is 0.254. The van der Waals surface area contributed by atoms with Crippen LogP contribution in [-0.4, -0.2) is 6.10 Å². The van der Waals surface area contributed by atoms with Gasteiger partial charge in [0.2, 0.25) is 0 Å². The molecular formula is C18H15BrOS. The van der Waals surface area contributed by atoms with Gasteiger partial charge in [0.15, 0.2) is 0 Å². The van der Waals surface area contributed by atoms with Gasteiger partial charge in [0.05, 0.1) is 4.83 Å². The number of hydrogen-bond donors (Lipinski definition) is 0. The van der Waals surface area contributed by atoms with Crippen LogP contribution in [-0.2, 0) is 6.42 Å². The van der Waals surface area contributed by atoms with Crippen molar-refractivity contribution < 1.29 is 4.74 Å². The van der Waals surface area contributed by atoms with E-state index in [2.05, 4.69) is 71.4 Å². The van der Waals surface area contributed by atoms with Crippen molar-refractivity contribution in [2.75, 3.05) is 0 Å². The highest BCUT2D eigenvalue weighted by Crippen LogP contribution is 2.40. The van der Waals surface area contributed by atoms with Crippen molar-refractivity contribution in [3.05, 3.63) is 64.5 Å². The standard InChI is InChI=1S/C18H15BrOS/c1-11-8-14-9-13(6-7-15(14)20-11)18(19)17-10-12-4-2-3-5-16(12)21-17/h2-7,9-11,18H,8H2,1H3. The van der Waals surface area contributed by atoms with Gasteiger partial charge in [0.25, 0.3) is 0 Å². The van der Waals surface area contributed by atoms with Gasteiger partial charge in [-0.05, 0) is 41.6 Å². The number of rotatable bonds is 2. The Hall–Kier alpha value is -1.32. The first-order valence-corrected chi connectivity index (χ1v) is 8.86. The fourth-order valence-electron chi connectivity index (χ4n) is 2.89. The quantitative estimate of drug-likeness (QED) is 0.533. The van der Waals surface area contributed by atoms with Crippen molar-refractivity contribution in [1.29, 1.82) is 0 Å². The maximum atomic E-state index is 5.78. The first-order chi connectivity index (χ1) is 10.2. The fraction of sp³-hybridized carbons (Fsp3) is 0.222. The summed E-state index contributed by atoms with van der Waals surface area (Å²) in [6.07, 6.45) is 1.31. The molecule has 0 amide bonds. The van der Waals surface area contributed by atoms with E-state index in [1.165, 1.54) is 26.1 Å². The van der Waals surface area contributed by atoms with Gasteiger partial charge in [0.1, 0.15) is 11.9 Å². The van der Waals surface area contributed by atoms with Crippen molar-refractivity contribution in [3.63, 3.8) is 0 Å². The molecule has 0 fully saturated rings. The Morgan fingerprint density at radius 2 is 2.05 bits per heavy atom. The minimum absolute atomic E-state index is 0.246. The summed E-state index contributed by atoms with van der Waals surface area (Å²) in [6, 6.07) is 17.4. The van der Waals surface area contributed by atoms with Crippen LogP contribution in [0.5, 0.6) is 5.75 Å². The summed E-state index contributed by atoms with van der Waals surface area (Å²) in [7, 11) is 0. The number of benzene rings is 2. The average Bonchev–Trinajstić information content (AvgIpc) is 3.07. The molecule has 1 aliphatic heterocycles. The third-order valence-electron chi connectivity index (χ3n) is 3.91. The highest BCUT2D eigenvalue weighted by molar-refractivity contribution is 9.09. The number of fused-ring (bicyclic) bond motifs is 2. The Morgan fingerprint density at radius 3 is 2.90 bits per heavy atom. The lowest BCUT2D eigenvalue weighted by atomic mass is 10.0. The maximum absolute atomic E-state index is 5.78. The molecule has 1 nitrogen and oxygen atoms in total. The van der Waals surface area contributed by atoms with E-state index in [-0.39, 0.29) is 4.83 Å².